The van der Waals surface area contributed by atoms with Gasteiger partial charge < -0.3 is 15.0 Å². The number of para-hydroxylation sites is 2. The van der Waals surface area contributed by atoms with Crippen LogP contribution in [0.3, 0.4) is 0 Å². The lowest BCUT2D eigenvalue weighted by molar-refractivity contribution is 0.0932. The molecule has 1 heterocycles. The van der Waals surface area contributed by atoms with E-state index in [-0.39, 0.29) is 17.8 Å². The average Bonchev–Trinajstić information content (AvgIpc) is 2.64. The highest BCUT2D eigenvalue weighted by atomic mass is 19.1. The predicted molar refractivity (Wildman–Crippen MR) is 96.8 cm³/mol. The van der Waals surface area contributed by atoms with Gasteiger partial charge in [-0.2, -0.15) is 0 Å². The molecule has 1 saturated heterocycles. The Hall–Kier alpha value is -2.56. The van der Waals surface area contributed by atoms with E-state index in [4.69, 9.17) is 4.74 Å². The Morgan fingerprint density at radius 2 is 2.08 bits per heavy atom. The molecular weight excluding hydrogens is 319 g/mol. The van der Waals surface area contributed by atoms with E-state index in [1.807, 2.05) is 24.3 Å². The number of halogens is 1. The molecule has 1 N–H and O–H groups in total. The van der Waals surface area contributed by atoms with Crippen molar-refractivity contribution in [2.24, 2.45) is 0 Å². The second-order valence-electron chi connectivity index (χ2n) is 6.39. The van der Waals surface area contributed by atoms with Gasteiger partial charge >= 0.3 is 0 Å². The van der Waals surface area contributed by atoms with Crippen LogP contribution in [0, 0.1) is 12.7 Å². The fraction of sp³-hybridized carbons (Fsp3) is 0.350. The van der Waals surface area contributed by atoms with E-state index in [1.165, 1.54) is 6.07 Å². The zero-order valence-corrected chi connectivity index (χ0v) is 14.6. The Balaban J connectivity index is 1.69. The lowest BCUT2D eigenvalue weighted by Gasteiger charge is -2.35. The van der Waals surface area contributed by atoms with Crippen LogP contribution < -0.4 is 15.0 Å². The zero-order valence-electron chi connectivity index (χ0n) is 14.6. The van der Waals surface area contributed by atoms with Crippen LogP contribution in [0.1, 0.15) is 28.8 Å². The number of nitrogens with one attached hydrogen (secondary N) is 1. The van der Waals surface area contributed by atoms with Crippen molar-refractivity contribution in [3.63, 3.8) is 0 Å². The third kappa shape index (κ3) is 3.92. The van der Waals surface area contributed by atoms with Crippen LogP contribution in [0.5, 0.6) is 5.75 Å². The molecule has 0 bridgehead atoms. The lowest BCUT2D eigenvalue weighted by atomic mass is 10.0. The number of benzene rings is 2. The van der Waals surface area contributed by atoms with Crippen molar-refractivity contribution in [2.75, 3.05) is 25.1 Å². The van der Waals surface area contributed by atoms with Crippen molar-refractivity contribution >= 4 is 11.6 Å². The Morgan fingerprint density at radius 1 is 1.28 bits per heavy atom. The first kappa shape index (κ1) is 17.3. The van der Waals surface area contributed by atoms with E-state index >= 15 is 0 Å². The third-order valence-corrected chi connectivity index (χ3v) is 4.62. The Morgan fingerprint density at radius 3 is 2.84 bits per heavy atom. The minimum absolute atomic E-state index is 0.0236. The van der Waals surface area contributed by atoms with E-state index in [1.54, 1.807) is 26.2 Å². The number of carbonyl (C=O) groups excluding carboxylic acids is 1. The van der Waals surface area contributed by atoms with Gasteiger partial charge in [-0.25, -0.2) is 4.39 Å². The minimum atomic E-state index is -0.355. The van der Waals surface area contributed by atoms with E-state index in [2.05, 4.69) is 10.2 Å². The summed E-state index contributed by atoms with van der Waals surface area (Å²) in [6.45, 7) is 3.32. The standard InChI is InChI=1S/C20H23FN2O2/c1-14-9-10-15(12-17(14)21)20(24)22-16-6-5-11-23(13-16)18-7-3-4-8-19(18)25-2/h3-4,7-10,12,16H,5-6,11,13H2,1-2H3,(H,22,24). The molecule has 1 aliphatic heterocycles. The minimum Gasteiger partial charge on any atom is -0.495 e. The SMILES string of the molecule is COc1ccccc1N1CCCC(NC(=O)c2ccc(C)c(F)c2)C1. The van der Waals surface area contributed by atoms with Gasteiger partial charge in [-0.15, -0.1) is 0 Å². The number of piperidine rings is 1. The summed E-state index contributed by atoms with van der Waals surface area (Å²) in [5, 5.41) is 3.03. The summed E-state index contributed by atoms with van der Waals surface area (Å²) in [4.78, 5) is 14.6. The monoisotopic (exact) mass is 342 g/mol. The van der Waals surface area contributed by atoms with E-state index in [0.29, 0.717) is 17.7 Å². The van der Waals surface area contributed by atoms with Crippen LogP contribution in [0.15, 0.2) is 42.5 Å². The number of hydrogen-bond acceptors (Lipinski definition) is 3. The molecule has 4 nitrogen and oxygen atoms in total. The summed E-state index contributed by atoms with van der Waals surface area (Å²) >= 11 is 0. The summed E-state index contributed by atoms with van der Waals surface area (Å²) < 4.78 is 19.1. The Kier molecular flexibility index (Phi) is 5.22. The molecule has 0 spiro atoms. The molecular formula is C20H23FN2O2. The van der Waals surface area contributed by atoms with E-state index in [0.717, 1.165) is 30.8 Å². The Labute approximate surface area is 147 Å². The molecule has 132 valence electrons. The molecule has 0 aromatic heterocycles. The molecule has 0 saturated carbocycles. The number of amides is 1. The van der Waals surface area contributed by atoms with Crippen LogP contribution in [0.4, 0.5) is 10.1 Å². The summed E-state index contributed by atoms with van der Waals surface area (Å²) in [5.74, 6) is 0.243. The number of nitrogens with zero attached hydrogens (tertiary/aromatic N) is 1. The fourth-order valence-corrected chi connectivity index (χ4v) is 3.21. The smallest absolute Gasteiger partial charge is 0.251 e. The number of methoxy groups -OCH3 is 1. The number of hydrogen-bond donors (Lipinski definition) is 1. The second kappa shape index (κ2) is 7.55. The molecule has 3 rings (SSSR count). The van der Waals surface area contributed by atoms with Crippen molar-refractivity contribution in [3.8, 4) is 5.75 Å². The number of ether oxygens (including phenoxy) is 1. The maximum atomic E-state index is 13.7. The van der Waals surface area contributed by atoms with Crippen molar-refractivity contribution in [3.05, 3.63) is 59.4 Å². The first-order valence-electron chi connectivity index (χ1n) is 8.53. The molecule has 2 aromatic rings. The van der Waals surface area contributed by atoms with Crippen LogP contribution in [-0.4, -0.2) is 32.1 Å². The maximum Gasteiger partial charge on any atom is 0.251 e. The molecule has 1 amide bonds. The molecule has 25 heavy (non-hydrogen) atoms. The Bertz CT molecular complexity index is 763. The van der Waals surface area contributed by atoms with Gasteiger partial charge in [-0.1, -0.05) is 18.2 Å². The molecule has 1 fully saturated rings. The average molecular weight is 342 g/mol. The first-order valence-corrected chi connectivity index (χ1v) is 8.53. The fourth-order valence-electron chi connectivity index (χ4n) is 3.21. The van der Waals surface area contributed by atoms with Crippen molar-refractivity contribution < 1.29 is 13.9 Å². The van der Waals surface area contributed by atoms with Crippen LogP contribution >= 0.6 is 0 Å². The lowest BCUT2D eigenvalue weighted by Crippen LogP contribution is -2.48. The molecule has 2 aromatic carbocycles. The molecule has 0 radical (unpaired) electrons. The molecule has 5 heteroatoms. The van der Waals surface area contributed by atoms with Crippen molar-refractivity contribution in [2.45, 2.75) is 25.8 Å². The highest BCUT2D eigenvalue weighted by Crippen LogP contribution is 2.29. The van der Waals surface area contributed by atoms with Crippen LogP contribution in [-0.2, 0) is 0 Å². The van der Waals surface area contributed by atoms with Gasteiger partial charge in [0.05, 0.1) is 12.8 Å². The van der Waals surface area contributed by atoms with Gasteiger partial charge in [0.2, 0.25) is 0 Å². The number of carbonyl (C=O) groups is 1. The quantitative estimate of drug-likeness (QED) is 0.924. The van der Waals surface area contributed by atoms with Gasteiger partial charge in [0, 0.05) is 24.7 Å². The highest BCUT2D eigenvalue weighted by molar-refractivity contribution is 5.94. The van der Waals surface area contributed by atoms with Gasteiger partial charge in [0.1, 0.15) is 11.6 Å². The van der Waals surface area contributed by atoms with Gasteiger partial charge in [0.25, 0.3) is 5.91 Å². The molecule has 1 unspecified atom stereocenters. The van der Waals surface area contributed by atoms with E-state index in [9.17, 15) is 9.18 Å². The molecule has 1 atom stereocenters. The summed E-state index contributed by atoms with van der Waals surface area (Å²) in [6.07, 6.45) is 1.89. The normalized spacial score (nSPS) is 17.2. The van der Waals surface area contributed by atoms with Crippen molar-refractivity contribution in [1.29, 1.82) is 0 Å². The largest absolute Gasteiger partial charge is 0.495 e. The van der Waals surface area contributed by atoms with Crippen LogP contribution in [0.25, 0.3) is 0 Å². The van der Waals surface area contributed by atoms with Crippen molar-refractivity contribution in [1.82, 2.24) is 5.32 Å². The first-order chi connectivity index (χ1) is 12.1. The maximum absolute atomic E-state index is 13.7. The highest BCUT2D eigenvalue weighted by Gasteiger charge is 2.23. The summed E-state index contributed by atoms with van der Waals surface area (Å²) in [7, 11) is 1.66. The predicted octanol–water partition coefficient (Wildman–Crippen LogP) is 3.54. The van der Waals surface area contributed by atoms with Crippen LogP contribution in [0.2, 0.25) is 0 Å². The summed E-state index contributed by atoms with van der Waals surface area (Å²) in [5.41, 5.74) is 1.93. The second-order valence-corrected chi connectivity index (χ2v) is 6.39. The van der Waals surface area contributed by atoms with Gasteiger partial charge in [0.15, 0.2) is 0 Å². The van der Waals surface area contributed by atoms with Gasteiger partial charge in [-0.05, 0) is 49.6 Å². The number of rotatable bonds is 4. The van der Waals surface area contributed by atoms with Gasteiger partial charge in [-0.3, -0.25) is 4.79 Å². The number of anilines is 1. The third-order valence-electron chi connectivity index (χ3n) is 4.62. The number of aryl methyl sites for hydroxylation is 1. The molecule has 0 aliphatic carbocycles. The molecule has 1 aliphatic rings. The summed E-state index contributed by atoms with van der Waals surface area (Å²) in [6, 6.07) is 12.5. The van der Waals surface area contributed by atoms with E-state index < -0.39 is 0 Å². The topological polar surface area (TPSA) is 41.6 Å². The zero-order chi connectivity index (χ0) is 17.8.